The highest BCUT2D eigenvalue weighted by Crippen LogP contribution is 2.30. The molecule has 0 aliphatic carbocycles. The fourth-order valence-corrected chi connectivity index (χ4v) is 4.81. The van der Waals surface area contributed by atoms with Crippen LogP contribution in [0.2, 0.25) is 0 Å². The normalized spacial score (nSPS) is 15.2. The summed E-state index contributed by atoms with van der Waals surface area (Å²) in [5.41, 5.74) is 3.38. The van der Waals surface area contributed by atoms with Crippen molar-refractivity contribution < 1.29 is 4.79 Å². The van der Waals surface area contributed by atoms with Gasteiger partial charge in [0.05, 0.1) is 5.75 Å². The lowest BCUT2D eigenvalue weighted by Gasteiger charge is -2.30. The SMILES string of the molecule is CC1CCN(C(=O)CSc2nnc(-c3ccc(C(C)(C)C)cc3)n2-c2ccccc2)CC1. The molecule has 2 heterocycles. The number of piperidine rings is 1. The van der Waals surface area contributed by atoms with E-state index in [1.54, 1.807) is 0 Å². The number of benzene rings is 2. The number of para-hydroxylation sites is 1. The number of rotatable bonds is 5. The molecular formula is C26H32N4OS. The van der Waals surface area contributed by atoms with Gasteiger partial charge in [-0.25, -0.2) is 0 Å². The molecule has 1 aliphatic rings. The van der Waals surface area contributed by atoms with Crippen LogP contribution in [0.3, 0.4) is 0 Å². The van der Waals surface area contributed by atoms with Gasteiger partial charge in [-0.05, 0) is 41.9 Å². The molecule has 0 spiro atoms. The fraction of sp³-hybridized carbons (Fsp3) is 0.423. The lowest BCUT2D eigenvalue weighted by Crippen LogP contribution is -2.38. The Labute approximate surface area is 195 Å². The van der Waals surface area contributed by atoms with E-state index < -0.39 is 0 Å². The van der Waals surface area contributed by atoms with Crippen LogP contribution in [0.25, 0.3) is 17.1 Å². The van der Waals surface area contributed by atoms with Gasteiger partial charge >= 0.3 is 0 Å². The maximum atomic E-state index is 12.8. The van der Waals surface area contributed by atoms with Crippen LogP contribution in [0.4, 0.5) is 0 Å². The summed E-state index contributed by atoms with van der Waals surface area (Å²) in [6.07, 6.45) is 2.18. The molecule has 0 atom stereocenters. The van der Waals surface area contributed by atoms with Crippen LogP contribution in [-0.2, 0) is 10.2 Å². The standard InChI is InChI=1S/C26H32N4OS/c1-19-14-16-29(17-15-19)23(31)18-32-25-28-27-24(30(25)22-8-6-5-7-9-22)20-10-12-21(13-11-20)26(2,3)4/h5-13,19H,14-18H2,1-4H3. The number of amides is 1. The molecular weight excluding hydrogens is 416 g/mol. The third-order valence-electron chi connectivity index (χ3n) is 6.12. The first kappa shape index (κ1) is 22.6. The second-order valence-corrected chi connectivity index (χ2v) is 10.6. The predicted octanol–water partition coefficient (Wildman–Crippen LogP) is 5.58. The maximum absolute atomic E-state index is 12.8. The molecule has 1 saturated heterocycles. The number of hydrogen-bond donors (Lipinski definition) is 0. The number of likely N-dealkylation sites (tertiary alicyclic amines) is 1. The van der Waals surface area contributed by atoms with Crippen molar-refractivity contribution >= 4 is 17.7 Å². The first-order chi connectivity index (χ1) is 15.3. The summed E-state index contributed by atoms with van der Waals surface area (Å²) in [7, 11) is 0. The second-order valence-electron chi connectivity index (χ2n) is 9.66. The molecule has 0 radical (unpaired) electrons. The molecule has 3 aromatic rings. The number of nitrogens with zero attached hydrogens (tertiary/aromatic N) is 4. The summed E-state index contributed by atoms with van der Waals surface area (Å²) in [5.74, 6) is 2.06. The third-order valence-corrected chi connectivity index (χ3v) is 7.03. The minimum absolute atomic E-state index is 0.0965. The molecule has 0 bridgehead atoms. The van der Waals surface area contributed by atoms with E-state index in [1.165, 1.54) is 17.3 Å². The first-order valence-electron chi connectivity index (χ1n) is 11.4. The average Bonchev–Trinajstić information content (AvgIpc) is 3.22. The Bertz CT molecular complexity index is 1050. The molecule has 1 aromatic heterocycles. The summed E-state index contributed by atoms with van der Waals surface area (Å²) in [6, 6.07) is 18.7. The van der Waals surface area contributed by atoms with Gasteiger partial charge in [0.2, 0.25) is 5.91 Å². The van der Waals surface area contributed by atoms with Crippen LogP contribution in [0, 0.1) is 5.92 Å². The van der Waals surface area contributed by atoms with Gasteiger partial charge in [-0.3, -0.25) is 9.36 Å². The van der Waals surface area contributed by atoms with Crippen LogP contribution >= 0.6 is 11.8 Å². The Morgan fingerprint density at radius 1 is 1.00 bits per heavy atom. The van der Waals surface area contributed by atoms with Crippen molar-refractivity contribution in [1.82, 2.24) is 19.7 Å². The van der Waals surface area contributed by atoms with Crippen LogP contribution in [0.1, 0.15) is 46.1 Å². The Morgan fingerprint density at radius 2 is 1.66 bits per heavy atom. The fourth-order valence-electron chi connectivity index (χ4n) is 3.96. The maximum Gasteiger partial charge on any atom is 0.233 e. The zero-order valence-electron chi connectivity index (χ0n) is 19.4. The predicted molar refractivity (Wildman–Crippen MR) is 131 cm³/mol. The van der Waals surface area contributed by atoms with Gasteiger partial charge in [0.1, 0.15) is 0 Å². The minimum atomic E-state index is 0.0965. The molecule has 0 saturated carbocycles. The Kier molecular flexibility index (Phi) is 6.70. The Hall–Kier alpha value is -2.60. The van der Waals surface area contributed by atoms with Crippen LogP contribution in [0.15, 0.2) is 59.8 Å². The summed E-state index contributed by atoms with van der Waals surface area (Å²) in [4.78, 5) is 14.8. The van der Waals surface area contributed by atoms with Gasteiger partial charge in [-0.15, -0.1) is 10.2 Å². The third kappa shape index (κ3) is 5.07. The van der Waals surface area contributed by atoms with E-state index in [2.05, 4.69) is 66.7 Å². The van der Waals surface area contributed by atoms with Crippen molar-refractivity contribution in [3.63, 3.8) is 0 Å². The van der Waals surface area contributed by atoms with E-state index >= 15 is 0 Å². The average molecular weight is 449 g/mol. The monoisotopic (exact) mass is 448 g/mol. The molecule has 0 N–H and O–H groups in total. The van der Waals surface area contributed by atoms with E-state index in [0.717, 1.165) is 48.2 Å². The lowest BCUT2D eigenvalue weighted by atomic mass is 9.87. The summed E-state index contributed by atoms with van der Waals surface area (Å²) >= 11 is 1.47. The van der Waals surface area contributed by atoms with Gasteiger partial charge in [0.25, 0.3) is 0 Å². The minimum Gasteiger partial charge on any atom is -0.342 e. The number of carbonyl (C=O) groups excluding carboxylic acids is 1. The number of carbonyl (C=O) groups is 1. The molecule has 1 amide bonds. The van der Waals surface area contributed by atoms with E-state index in [-0.39, 0.29) is 11.3 Å². The van der Waals surface area contributed by atoms with Gasteiger partial charge in [-0.1, -0.05) is 81.9 Å². The van der Waals surface area contributed by atoms with Gasteiger partial charge < -0.3 is 4.90 Å². The number of aromatic nitrogens is 3. The zero-order chi connectivity index (χ0) is 22.7. The van der Waals surface area contributed by atoms with Crippen molar-refractivity contribution in [2.75, 3.05) is 18.8 Å². The van der Waals surface area contributed by atoms with Crippen molar-refractivity contribution in [3.05, 3.63) is 60.2 Å². The topological polar surface area (TPSA) is 51.0 Å². The lowest BCUT2D eigenvalue weighted by molar-refractivity contribution is -0.129. The molecule has 0 unspecified atom stereocenters. The zero-order valence-corrected chi connectivity index (χ0v) is 20.2. The van der Waals surface area contributed by atoms with Crippen LogP contribution < -0.4 is 0 Å². The Balaban J connectivity index is 1.59. The molecule has 2 aromatic carbocycles. The van der Waals surface area contributed by atoms with Gasteiger partial charge in [0.15, 0.2) is 11.0 Å². The van der Waals surface area contributed by atoms with Crippen molar-refractivity contribution in [3.8, 4) is 17.1 Å². The van der Waals surface area contributed by atoms with Gasteiger partial charge in [0, 0.05) is 24.3 Å². The van der Waals surface area contributed by atoms with Crippen LogP contribution in [0.5, 0.6) is 0 Å². The summed E-state index contributed by atoms with van der Waals surface area (Å²) in [5, 5.41) is 9.74. The first-order valence-corrected chi connectivity index (χ1v) is 12.3. The second kappa shape index (κ2) is 9.49. The van der Waals surface area contributed by atoms with E-state index in [0.29, 0.717) is 11.7 Å². The van der Waals surface area contributed by atoms with Crippen molar-refractivity contribution in [1.29, 1.82) is 0 Å². The molecule has 4 rings (SSSR count). The largest absolute Gasteiger partial charge is 0.342 e. The highest BCUT2D eigenvalue weighted by atomic mass is 32.2. The number of thioether (sulfide) groups is 1. The smallest absolute Gasteiger partial charge is 0.233 e. The summed E-state index contributed by atoms with van der Waals surface area (Å²) in [6.45, 7) is 10.6. The molecule has 1 fully saturated rings. The highest BCUT2D eigenvalue weighted by molar-refractivity contribution is 7.99. The molecule has 1 aliphatic heterocycles. The number of hydrogen-bond acceptors (Lipinski definition) is 4. The van der Waals surface area contributed by atoms with Gasteiger partial charge in [-0.2, -0.15) is 0 Å². The quantitative estimate of drug-likeness (QED) is 0.478. The van der Waals surface area contributed by atoms with E-state index in [4.69, 9.17) is 0 Å². The Morgan fingerprint density at radius 3 is 2.28 bits per heavy atom. The van der Waals surface area contributed by atoms with E-state index in [9.17, 15) is 4.79 Å². The van der Waals surface area contributed by atoms with Crippen LogP contribution in [-0.4, -0.2) is 44.4 Å². The molecule has 32 heavy (non-hydrogen) atoms. The molecule has 168 valence electrons. The van der Waals surface area contributed by atoms with E-state index in [1.807, 2.05) is 35.2 Å². The molecule has 5 nitrogen and oxygen atoms in total. The molecule has 6 heteroatoms. The highest BCUT2D eigenvalue weighted by Gasteiger charge is 2.23. The van der Waals surface area contributed by atoms with Crippen molar-refractivity contribution in [2.45, 2.75) is 51.1 Å². The summed E-state index contributed by atoms with van der Waals surface area (Å²) < 4.78 is 2.06. The van der Waals surface area contributed by atoms with Crippen molar-refractivity contribution in [2.24, 2.45) is 5.92 Å².